The molecule has 0 aliphatic carbocycles. The average molecular weight is 138 g/mol. The van der Waals surface area contributed by atoms with E-state index in [-0.39, 0.29) is 5.54 Å². The van der Waals surface area contributed by atoms with Gasteiger partial charge in [-0.25, -0.2) is 0 Å². The van der Waals surface area contributed by atoms with Crippen molar-refractivity contribution in [3.8, 4) is 0 Å². The lowest BCUT2D eigenvalue weighted by Gasteiger charge is -2.24. The van der Waals surface area contributed by atoms with Crippen molar-refractivity contribution < 1.29 is 0 Å². The van der Waals surface area contributed by atoms with Crippen LogP contribution in [0.15, 0.2) is 16.6 Å². The predicted molar refractivity (Wildman–Crippen MR) is 44.1 cm³/mol. The van der Waals surface area contributed by atoms with Crippen LogP contribution in [0.3, 0.4) is 0 Å². The number of aliphatic imine (C=N–C) groups is 1. The third-order valence-electron chi connectivity index (χ3n) is 1.54. The Kier molecular flexibility index (Phi) is 1.55. The maximum atomic E-state index is 5.57. The van der Waals surface area contributed by atoms with E-state index in [2.05, 4.69) is 25.8 Å². The molecule has 10 heavy (non-hydrogen) atoms. The molecule has 0 aromatic carbocycles. The molecule has 0 unspecified atom stereocenters. The molecule has 0 fully saturated rings. The van der Waals surface area contributed by atoms with E-state index in [1.807, 2.05) is 6.08 Å². The minimum absolute atomic E-state index is 0.0168. The second-order valence-electron chi connectivity index (χ2n) is 3.52. The molecule has 0 saturated carbocycles. The van der Waals surface area contributed by atoms with Crippen molar-refractivity contribution in [2.24, 2.45) is 10.7 Å². The van der Waals surface area contributed by atoms with Gasteiger partial charge in [0.2, 0.25) is 0 Å². The van der Waals surface area contributed by atoms with Crippen LogP contribution in [0.1, 0.15) is 27.2 Å². The highest BCUT2D eigenvalue weighted by atomic mass is 14.9. The molecular weight excluding hydrogens is 124 g/mol. The topological polar surface area (TPSA) is 38.4 Å². The summed E-state index contributed by atoms with van der Waals surface area (Å²) in [7, 11) is 0. The number of nitrogens with two attached hydrogens (primary N) is 1. The minimum atomic E-state index is 0.0168. The van der Waals surface area contributed by atoms with Gasteiger partial charge in [-0.05, 0) is 33.3 Å². The Hall–Kier alpha value is -0.790. The van der Waals surface area contributed by atoms with Crippen molar-refractivity contribution in [2.75, 3.05) is 0 Å². The molecule has 0 amide bonds. The van der Waals surface area contributed by atoms with Crippen molar-refractivity contribution in [1.82, 2.24) is 0 Å². The summed E-state index contributed by atoms with van der Waals surface area (Å²) in [6.07, 6.45) is 2.96. The zero-order valence-electron chi connectivity index (χ0n) is 6.81. The molecule has 0 atom stereocenters. The number of hydrogen-bond acceptors (Lipinski definition) is 2. The van der Waals surface area contributed by atoms with Crippen LogP contribution in [0.5, 0.6) is 0 Å². The molecule has 0 aromatic heterocycles. The van der Waals surface area contributed by atoms with Gasteiger partial charge in [0.25, 0.3) is 0 Å². The maximum Gasteiger partial charge on any atom is 0.118 e. The van der Waals surface area contributed by atoms with Gasteiger partial charge in [-0.2, -0.15) is 0 Å². The van der Waals surface area contributed by atoms with Crippen LogP contribution in [0.25, 0.3) is 0 Å². The van der Waals surface area contributed by atoms with Gasteiger partial charge >= 0.3 is 0 Å². The number of nitrogens with zero attached hydrogens (tertiary/aromatic N) is 1. The first kappa shape index (κ1) is 7.32. The van der Waals surface area contributed by atoms with E-state index in [1.54, 1.807) is 0 Å². The van der Waals surface area contributed by atoms with Gasteiger partial charge in [0.05, 0.1) is 5.54 Å². The fourth-order valence-corrected chi connectivity index (χ4v) is 1.41. The summed E-state index contributed by atoms with van der Waals surface area (Å²) < 4.78 is 0. The van der Waals surface area contributed by atoms with E-state index in [9.17, 15) is 0 Å². The van der Waals surface area contributed by atoms with Crippen molar-refractivity contribution in [1.29, 1.82) is 0 Å². The first-order chi connectivity index (χ1) is 4.49. The molecule has 2 N–H and O–H groups in total. The van der Waals surface area contributed by atoms with Gasteiger partial charge in [-0.15, -0.1) is 0 Å². The Morgan fingerprint density at radius 3 is 2.60 bits per heavy atom. The first-order valence-corrected chi connectivity index (χ1v) is 3.52. The molecule has 1 aliphatic heterocycles. The van der Waals surface area contributed by atoms with E-state index < -0.39 is 0 Å². The highest BCUT2D eigenvalue weighted by molar-refractivity contribution is 5.93. The third-order valence-corrected chi connectivity index (χ3v) is 1.54. The molecule has 0 spiro atoms. The quantitative estimate of drug-likeness (QED) is 0.541. The van der Waals surface area contributed by atoms with Crippen molar-refractivity contribution >= 4 is 5.84 Å². The third kappa shape index (κ3) is 1.59. The van der Waals surface area contributed by atoms with E-state index in [4.69, 9.17) is 5.73 Å². The van der Waals surface area contributed by atoms with Crippen LogP contribution in [0.2, 0.25) is 0 Å². The van der Waals surface area contributed by atoms with Crippen LogP contribution in [0.4, 0.5) is 0 Å². The lowest BCUT2D eigenvalue weighted by molar-refractivity contribution is 0.512. The van der Waals surface area contributed by atoms with Crippen LogP contribution in [-0.2, 0) is 0 Å². The first-order valence-electron chi connectivity index (χ1n) is 3.52. The lowest BCUT2D eigenvalue weighted by atomic mass is 9.94. The van der Waals surface area contributed by atoms with Gasteiger partial charge in [0.15, 0.2) is 0 Å². The predicted octanol–water partition coefficient (Wildman–Crippen LogP) is 1.47. The van der Waals surface area contributed by atoms with Gasteiger partial charge in [-0.3, -0.25) is 4.99 Å². The summed E-state index contributed by atoms with van der Waals surface area (Å²) >= 11 is 0. The summed E-state index contributed by atoms with van der Waals surface area (Å²) in [6.45, 7) is 6.27. The van der Waals surface area contributed by atoms with Crippen LogP contribution >= 0.6 is 0 Å². The highest BCUT2D eigenvalue weighted by Crippen LogP contribution is 2.23. The van der Waals surface area contributed by atoms with E-state index in [0.29, 0.717) is 5.84 Å². The standard InChI is InChI=1S/C8H14N2/c1-6-4-7(9)10-8(2,3)5-6/h4H,5H2,1-3H3,(H2,9,10). The zero-order chi connectivity index (χ0) is 7.78. The van der Waals surface area contributed by atoms with Crippen LogP contribution in [-0.4, -0.2) is 11.4 Å². The number of dihydropyridines is 1. The Balaban J connectivity index is 2.88. The summed E-state index contributed by atoms with van der Waals surface area (Å²) in [5, 5.41) is 0. The summed E-state index contributed by atoms with van der Waals surface area (Å²) in [5.41, 5.74) is 6.91. The largest absolute Gasteiger partial charge is 0.384 e. The normalized spacial score (nSPS) is 23.5. The fourth-order valence-electron chi connectivity index (χ4n) is 1.41. The van der Waals surface area contributed by atoms with Gasteiger partial charge in [-0.1, -0.05) is 5.57 Å². The lowest BCUT2D eigenvalue weighted by Crippen LogP contribution is -2.26. The zero-order valence-corrected chi connectivity index (χ0v) is 6.81. The van der Waals surface area contributed by atoms with Crippen LogP contribution < -0.4 is 5.73 Å². The molecule has 0 radical (unpaired) electrons. The number of hydrogen-bond donors (Lipinski definition) is 1. The van der Waals surface area contributed by atoms with Crippen molar-refractivity contribution in [3.05, 3.63) is 11.6 Å². The van der Waals surface area contributed by atoms with Crippen molar-refractivity contribution in [2.45, 2.75) is 32.7 Å². The van der Waals surface area contributed by atoms with E-state index in [1.165, 1.54) is 5.57 Å². The summed E-state index contributed by atoms with van der Waals surface area (Å²) in [4.78, 5) is 4.28. The Morgan fingerprint density at radius 1 is 1.60 bits per heavy atom. The Morgan fingerprint density at radius 2 is 2.20 bits per heavy atom. The number of rotatable bonds is 0. The van der Waals surface area contributed by atoms with Gasteiger partial charge < -0.3 is 5.73 Å². The number of amidine groups is 1. The summed E-state index contributed by atoms with van der Waals surface area (Å²) in [6, 6.07) is 0. The molecule has 0 aromatic rings. The van der Waals surface area contributed by atoms with E-state index in [0.717, 1.165) is 6.42 Å². The second kappa shape index (κ2) is 2.11. The van der Waals surface area contributed by atoms with Gasteiger partial charge in [0, 0.05) is 0 Å². The molecule has 2 nitrogen and oxygen atoms in total. The molecule has 1 aliphatic rings. The Labute approximate surface area is 61.8 Å². The maximum absolute atomic E-state index is 5.57. The average Bonchev–Trinajstić information content (AvgIpc) is 1.54. The highest BCUT2D eigenvalue weighted by Gasteiger charge is 2.20. The van der Waals surface area contributed by atoms with Gasteiger partial charge in [0.1, 0.15) is 5.84 Å². The second-order valence-corrected chi connectivity index (χ2v) is 3.52. The molecule has 2 heteroatoms. The molecular formula is C8H14N2. The molecule has 1 rings (SSSR count). The summed E-state index contributed by atoms with van der Waals surface area (Å²) in [5.74, 6) is 0.661. The Bertz CT molecular complexity index is 199. The SMILES string of the molecule is CC1=CC(N)=NC(C)(C)C1. The fraction of sp³-hybridized carbons (Fsp3) is 0.625. The minimum Gasteiger partial charge on any atom is -0.384 e. The molecule has 1 heterocycles. The molecule has 56 valence electrons. The van der Waals surface area contributed by atoms with Crippen molar-refractivity contribution in [3.63, 3.8) is 0 Å². The van der Waals surface area contributed by atoms with E-state index >= 15 is 0 Å². The molecule has 0 bridgehead atoms. The monoisotopic (exact) mass is 138 g/mol. The smallest absolute Gasteiger partial charge is 0.118 e. The van der Waals surface area contributed by atoms with Crippen LogP contribution in [0, 0.1) is 0 Å². The molecule has 0 saturated heterocycles.